The fraction of sp³-hybridized carbons (Fsp3) is 0.538. The first kappa shape index (κ1) is 31.4. The number of ether oxygens (including phenoxy) is 2. The number of anilines is 2. The second kappa shape index (κ2) is 14.4. The Morgan fingerprint density at radius 1 is 1.05 bits per heavy atom. The molecule has 0 bridgehead atoms. The van der Waals surface area contributed by atoms with Gasteiger partial charge in [0.1, 0.15) is 5.82 Å². The highest BCUT2D eigenvalue weighted by atomic mass is 19.4. The largest absolute Gasteiger partial charge is 0.490 e. The lowest BCUT2D eigenvalue weighted by Gasteiger charge is -2.30. The molecule has 0 spiro atoms. The van der Waals surface area contributed by atoms with E-state index in [1.54, 1.807) is 18.2 Å². The van der Waals surface area contributed by atoms with Crippen LogP contribution >= 0.6 is 0 Å². The number of hydrogen-bond donors (Lipinski definition) is 3. The van der Waals surface area contributed by atoms with Crippen LogP contribution in [0.5, 0.6) is 11.5 Å². The Balaban J connectivity index is 0.000000673. The van der Waals surface area contributed by atoms with Crippen LogP contribution in [0.25, 0.3) is 0 Å². The van der Waals surface area contributed by atoms with Crippen LogP contribution in [-0.4, -0.2) is 72.5 Å². The SMILES string of the molecule is CCOc1ccc(C(=O)NC2CCC(Nc3nc(N(C)C)ncc3C)CC2)cc1OCC.O=C(O)C(F)(F)F. The molecule has 3 N–H and O–H groups in total. The van der Waals surface area contributed by atoms with Gasteiger partial charge < -0.3 is 30.1 Å². The van der Waals surface area contributed by atoms with Crippen LogP contribution in [0.4, 0.5) is 24.9 Å². The summed E-state index contributed by atoms with van der Waals surface area (Å²) in [6.45, 7) is 6.92. The number of carbonyl (C=O) groups is 2. The number of rotatable bonds is 9. The van der Waals surface area contributed by atoms with Gasteiger partial charge in [-0.2, -0.15) is 18.2 Å². The molecule has 1 amide bonds. The summed E-state index contributed by atoms with van der Waals surface area (Å²) >= 11 is 0. The zero-order valence-electron chi connectivity index (χ0n) is 22.8. The van der Waals surface area contributed by atoms with Crippen LogP contribution in [0.2, 0.25) is 0 Å². The minimum absolute atomic E-state index is 0.0762. The Morgan fingerprint density at radius 2 is 1.62 bits per heavy atom. The fourth-order valence-corrected chi connectivity index (χ4v) is 3.83. The molecule has 0 radical (unpaired) electrons. The van der Waals surface area contributed by atoms with Crippen LogP contribution in [0.15, 0.2) is 24.4 Å². The van der Waals surface area contributed by atoms with Gasteiger partial charge in [0.15, 0.2) is 11.5 Å². The number of aryl methyl sites for hydroxylation is 1. The van der Waals surface area contributed by atoms with Crippen molar-refractivity contribution in [3.05, 3.63) is 35.5 Å². The van der Waals surface area contributed by atoms with Crippen LogP contribution in [0.3, 0.4) is 0 Å². The zero-order chi connectivity index (χ0) is 29.2. The van der Waals surface area contributed by atoms with Gasteiger partial charge in [0.25, 0.3) is 5.91 Å². The molecular formula is C26H36F3N5O5. The molecule has 2 aromatic rings. The van der Waals surface area contributed by atoms with Crippen molar-refractivity contribution in [2.75, 3.05) is 37.5 Å². The maximum Gasteiger partial charge on any atom is 0.490 e. The predicted octanol–water partition coefficient (Wildman–Crippen LogP) is 4.43. The van der Waals surface area contributed by atoms with Crippen LogP contribution in [-0.2, 0) is 4.79 Å². The molecule has 1 saturated carbocycles. The van der Waals surface area contributed by atoms with Gasteiger partial charge in [0.05, 0.1) is 13.2 Å². The number of carbonyl (C=O) groups excluding carboxylic acids is 1. The third-order valence-corrected chi connectivity index (χ3v) is 5.81. The Labute approximate surface area is 225 Å². The molecule has 1 aliphatic carbocycles. The van der Waals surface area contributed by atoms with Crippen molar-refractivity contribution in [1.29, 1.82) is 0 Å². The van der Waals surface area contributed by atoms with Crippen molar-refractivity contribution in [3.8, 4) is 11.5 Å². The Kier molecular flexibility index (Phi) is 11.6. The average Bonchev–Trinajstić information content (AvgIpc) is 2.87. The summed E-state index contributed by atoms with van der Waals surface area (Å²) in [5.41, 5.74) is 1.62. The number of alkyl halides is 3. The number of carboxylic acids is 1. The Bertz CT molecular complexity index is 1110. The zero-order valence-corrected chi connectivity index (χ0v) is 22.8. The van der Waals surface area contributed by atoms with E-state index in [1.165, 1.54) is 0 Å². The van der Waals surface area contributed by atoms with E-state index in [4.69, 9.17) is 19.4 Å². The molecule has 3 rings (SSSR count). The molecule has 216 valence electrons. The predicted molar refractivity (Wildman–Crippen MR) is 141 cm³/mol. The number of amides is 1. The summed E-state index contributed by atoms with van der Waals surface area (Å²) in [5, 5.41) is 13.9. The second-order valence-corrected chi connectivity index (χ2v) is 9.09. The van der Waals surface area contributed by atoms with Crippen molar-refractivity contribution in [2.24, 2.45) is 0 Å². The molecule has 0 saturated heterocycles. The number of nitrogens with zero attached hydrogens (tertiary/aromatic N) is 3. The monoisotopic (exact) mass is 555 g/mol. The number of hydrogen-bond acceptors (Lipinski definition) is 8. The first-order chi connectivity index (χ1) is 18.3. The molecule has 0 atom stereocenters. The second-order valence-electron chi connectivity index (χ2n) is 9.09. The standard InChI is InChI=1S/C24H35N5O3.C2HF3O2/c1-6-31-20-13-8-17(14-21(20)32-7-2)23(30)27-19-11-9-18(10-12-19)26-22-16(3)15-25-24(28-22)29(4)5;3-2(4,5)1(6)7/h8,13-15,18-19H,6-7,9-12H2,1-5H3,(H,27,30)(H,25,26,28);(H,6,7). The summed E-state index contributed by atoms with van der Waals surface area (Å²) in [6, 6.07) is 5.84. The summed E-state index contributed by atoms with van der Waals surface area (Å²) in [6.07, 6.45) is 0.551. The normalized spacial score (nSPS) is 16.8. The van der Waals surface area contributed by atoms with Gasteiger partial charge in [-0.15, -0.1) is 0 Å². The molecule has 1 aromatic carbocycles. The van der Waals surface area contributed by atoms with Gasteiger partial charge >= 0.3 is 12.1 Å². The van der Waals surface area contributed by atoms with Gasteiger partial charge in [-0.05, 0) is 64.7 Å². The van der Waals surface area contributed by atoms with Crippen molar-refractivity contribution >= 4 is 23.6 Å². The molecule has 13 heteroatoms. The van der Waals surface area contributed by atoms with Crippen LogP contribution < -0.4 is 25.0 Å². The van der Waals surface area contributed by atoms with Gasteiger partial charge in [-0.25, -0.2) is 9.78 Å². The number of nitrogens with one attached hydrogen (secondary N) is 2. The van der Waals surface area contributed by atoms with E-state index in [2.05, 4.69) is 20.6 Å². The number of aliphatic carboxylic acids is 1. The third kappa shape index (κ3) is 9.80. The van der Waals surface area contributed by atoms with E-state index in [0.717, 1.165) is 37.1 Å². The van der Waals surface area contributed by atoms with E-state index < -0.39 is 12.1 Å². The molecule has 1 fully saturated rings. The highest BCUT2D eigenvalue weighted by Crippen LogP contribution is 2.29. The molecular weight excluding hydrogens is 519 g/mol. The van der Waals surface area contributed by atoms with Gasteiger partial charge in [0.2, 0.25) is 5.95 Å². The highest BCUT2D eigenvalue weighted by Gasteiger charge is 2.38. The lowest BCUT2D eigenvalue weighted by Crippen LogP contribution is -2.40. The summed E-state index contributed by atoms with van der Waals surface area (Å²) < 4.78 is 43.0. The molecule has 39 heavy (non-hydrogen) atoms. The van der Waals surface area contributed by atoms with Crippen molar-refractivity contribution < 1.29 is 37.3 Å². The van der Waals surface area contributed by atoms with Crippen LogP contribution in [0.1, 0.15) is 55.5 Å². The van der Waals surface area contributed by atoms with E-state index in [0.29, 0.717) is 42.3 Å². The van der Waals surface area contributed by atoms with Gasteiger partial charge in [0, 0.05) is 43.5 Å². The van der Waals surface area contributed by atoms with Gasteiger partial charge in [-0.3, -0.25) is 4.79 Å². The number of halogens is 3. The fourth-order valence-electron chi connectivity index (χ4n) is 3.83. The van der Waals surface area contributed by atoms with E-state index >= 15 is 0 Å². The summed E-state index contributed by atoms with van der Waals surface area (Å²) in [5.74, 6) is 0.0113. The molecule has 1 heterocycles. The number of aromatic nitrogens is 2. The lowest BCUT2D eigenvalue weighted by molar-refractivity contribution is -0.192. The first-order valence-electron chi connectivity index (χ1n) is 12.6. The molecule has 10 nitrogen and oxygen atoms in total. The van der Waals surface area contributed by atoms with Crippen molar-refractivity contribution in [2.45, 2.75) is 64.7 Å². The van der Waals surface area contributed by atoms with E-state index in [9.17, 15) is 18.0 Å². The smallest absolute Gasteiger partial charge is 0.490 e. The number of carboxylic acid groups (broad SMARTS) is 1. The molecule has 1 aliphatic rings. The minimum atomic E-state index is -5.08. The van der Waals surface area contributed by atoms with Crippen LogP contribution in [0, 0.1) is 6.92 Å². The van der Waals surface area contributed by atoms with Gasteiger partial charge in [-0.1, -0.05) is 0 Å². The minimum Gasteiger partial charge on any atom is -0.490 e. The average molecular weight is 556 g/mol. The maximum atomic E-state index is 12.8. The Morgan fingerprint density at radius 3 is 2.15 bits per heavy atom. The Hall–Kier alpha value is -3.77. The van der Waals surface area contributed by atoms with Crippen molar-refractivity contribution in [1.82, 2.24) is 15.3 Å². The quantitative estimate of drug-likeness (QED) is 0.412. The summed E-state index contributed by atoms with van der Waals surface area (Å²) in [7, 11) is 3.87. The maximum absolute atomic E-state index is 12.8. The first-order valence-corrected chi connectivity index (χ1v) is 12.6. The topological polar surface area (TPSA) is 126 Å². The number of benzene rings is 1. The molecule has 0 unspecified atom stereocenters. The van der Waals surface area contributed by atoms with Crippen molar-refractivity contribution in [3.63, 3.8) is 0 Å². The molecule has 1 aromatic heterocycles. The molecule has 0 aliphatic heterocycles. The highest BCUT2D eigenvalue weighted by molar-refractivity contribution is 5.95. The third-order valence-electron chi connectivity index (χ3n) is 5.81. The summed E-state index contributed by atoms with van der Waals surface area (Å²) in [4.78, 5) is 32.6. The van der Waals surface area contributed by atoms with E-state index in [-0.39, 0.29) is 11.9 Å². The van der Waals surface area contributed by atoms with E-state index in [1.807, 2.05) is 46.0 Å². The lowest BCUT2D eigenvalue weighted by atomic mass is 9.91.